The van der Waals surface area contributed by atoms with E-state index < -0.39 is 0 Å². The number of ether oxygens (including phenoxy) is 1. The molecule has 4 saturated carbocycles. The highest BCUT2D eigenvalue weighted by molar-refractivity contribution is 5.85. The van der Waals surface area contributed by atoms with Crippen LogP contribution in [0.2, 0.25) is 0 Å². The van der Waals surface area contributed by atoms with Crippen LogP contribution in [-0.2, 0) is 6.54 Å². The fourth-order valence-electron chi connectivity index (χ4n) is 6.69. The fraction of sp³-hybridized carbons (Fsp3) is 0.556. The zero-order valence-corrected chi connectivity index (χ0v) is 20.7. The Kier molecular flexibility index (Phi) is 9.31. The molecule has 0 aromatic heterocycles. The second kappa shape index (κ2) is 11.7. The van der Waals surface area contributed by atoms with Crippen LogP contribution in [-0.4, -0.2) is 19.2 Å². The predicted molar refractivity (Wildman–Crippen MR) is 137 cm³/mol. The molecule has 0 aliphatic heterocycles. The molecule has 4 aliphatic carbocycles. The molecule has 2 aromatic carbocycles. The Hall–Kier alpha value is -1.26. The quantitative estimate of drug-likeness (QED) is 0.453. The van der Waals surface area contributed by atoms with E-state index in [0.717, 1.165) is 42.5 Å². The van der Waals surface area contributed by atoms with E-state index in [1.807, 2.05) is 6.92 Å². The van der Waals surface area contributed by atoms with Gasteiger partial charge in [-0.25, -0.2) is 0 Å². The molecule has 0 spiro atoms. The predicted octanol–water partition coefficient (Wildman–Crippen LogP) is 6.17. The standard InChI is InChI=1S/C27H36N2O.2ClH/c1-2-30-26-11-7-6-10-22(26)17-28-18-25(21-8-4-3-5-9-21)29-27-23-13-19-12-20(15-23)16-24(27)14-19;;/h3-11,19-20,23-25,27-29H,2,12-18H2,1H3;2*1H. The third-order valence-electron chi connectivity index (χ3n) is 7.76. The summed E-state index contributed by atoms with van der Waals surface area (Å²) in [6, 6.07) is 20.5. The molecule has 0 radical (unpaired) electrons. The van der Waals surface area contributed by atoms with Crippen molar-refractivity contribution in [2.75, 3.05) is 13.2 Å². The summed E-state index contributed by atoms with van der Waals surface area (Å²) in [5, 5.41) is 7.88. The second-order valence-electron chi connectivity index (χ2n) is 9.76. The van der Waals surface area contributed by atoms with Gasteiger partial charge in [0.2, 0.25) is 0 Å². The highest BCUT2D eigenvalue weighted by Crippen LogP contribution is 2.54. The zero-order chi connectivity index (χ0) is 20.3. The molecule has 2 N–H and O–H groups in total. The smallest absolute Gasteiger partial charge is 0.123 e. The normalized spacial score (nSPS) is 28.5. The third-order valence-corrected chi connectivity index (χ3v) is 7.76. The number of hydrogen-bond donors (Lipinski definition) is 2. The summed E-state index contributed by atoms with van der Waals surface area (Å²) < 4.78 is 5.81. The van der Waals surface area contributed by atoms with E-state index in [-0.39, 0.29) is 24.8 Å². The van der Waals surface area contributed by atoms with Gasteiger partial charge >= 0.3 is 0 Å². The van der Waals surface area contributed by atoms with Crippen molar-refractivity contribution >= 4 is 24.8 Å². The molecule has 4 fully saturated rings. The lowest BCUT2D eigenvalue weighted by Crippen LogP contribution is -2.56. The van der Waals surface area contributed by atoms with E-state index in [2.05, 4.69) is 65.2 Å². The lowest BCUT2D eigenvalue weighted by Gasteiger charge is -2.55. The molecular weight excluding hydrogens is 439 g/mol. The molecule has 32 heavy (non-hydrogen) atoms. The molecule has 0 heterocycles. The average molecular weight is 478 g/mol. The first-order valence-electron chi connectivity index (χ1n) is 12.0. The summed E-state index contributed by atoms with van der Waals surface area (Å²) in [6.45, 7) is 4.53. The minimum absolute atomic E-state index is 0. The van der Waals surface area contributed by atoms with Gasteiger partial charge in [0.05, 0.1) is 6.61 Å². The van der Waals surface area contributed by atoms with Crippen molar-refractivity contribution in [1.29, 1.82) is 0 Å². The van der Waals surface area contributed by atoms with Crippen molar-refractivity contribution in [3.63, 3.8) is 0 Å². The van der Waals surface area contributed by atoms with Crippen molar-refractivity contribution in [2.24, 2.45) is 23.7 Å². The van der Waals surface area contributed by atoms with Gasteiger partial charge in [-0.2, -0.15) is 0 Å². The zero-order valence-electron chi connectivity index (χ0n) is 19.0. The van der Waals surface area contributed by atoms with Crippen molar-refractivity contribution in [3.05, 3.63) is 65.7 Å². The Bertz CT molecular complexity index is 803. The Morgan fingerprint density at radius 2 is 1.47 bits per heavy atom. The molecule has 4 bridgehead atoms. The number of para-hydroxylation sites is 1. The first-order chi connectivity index (χ1) is 14.8. The Labute approximate surface area is 205 Å². The number of nitrogens with one attached hydrogen (secondary N) is 2. The van der Waals surface area contributed by atoms with Gasteiger partial charge in [0.15, 0.2) is 0 Å². The summed E-state index contributed by atoms with van der Waals surface area (Å²) in [5.41, 5.74) is 2.64. The molecule has 0 saturated heterocycles. The van der Waals surface area contributed by atoms with Crippen molar-refractivity contribution in [3.8, 4) is 5.75 Å². The van der Waals surface area contributed by atoms with Gasteiger partial charge in [0, 0.05) is 30.7 Å². The summed E-state index contributed by atoms with van der Waals surface area (Å²) in [4.78, 5) is 0. The van der Waals surface area contributed by atoms with Gasteiger partial charge in [-0.15, -0.1) is 24.8 Å². The van der Waals surface area contributed by atoms with Crippen LogP contribution in [0.4, 0.5) is 0 Å². The molecule has 3 nitrogen and oxygen atoms in total. The van der Waals surface area contributed by atoms with Crippen molar-refractivity contribution in [1.82, 2.24) is 10.6 Å². The van der Waals surface area contributed by atoms with Gasteiger partial charge in [0.25, 0.3) is 0 Å². The van der Waals surface area contributed by atoms with Crippen molar-refractivity contribution < 1.29 is 4.74 Å². The van der Waals surface area contributed by atoms with E-state index in [1.165, 1.54) is 43.2 Å². The van der Waals surface area contributed by atoms with Crippen LogP contribution in [0.15, 0.2) is 54.6 Å². The first kappa shape index (κ1) is 25.4. The summed E-state index contributed by atoms with van der Waals surface area (Å²) >= 11 is 0. The van der Waals surface area contributed by atoms with Gasteiger partial charge in [-0.05, 0) is 74.3 Å². The minimum Gasteiger partial charge on any atom is -0.494 e. The van der Waals surface area contributed by atoms with Crippen molar-refractivity contribution in [2.45, 2.75) is 57.7 Å². The van der Waals surface area contributed by atoms with E-state index in [0.29, 0.717) is 18.7 Å². The number of hydrogen-bond acceptors (Lipinski definition) is 3. The lowest BCUT2D eigenvalue weighted by molar-refractivity contribution is -0.0178. The van der Waals surface area contributed by atoms with Gasteiger partial charge in [-0.3, -0.25) is 0 Å². The monoisotopic (exact) mass is 476 g/mol. The van der Waals surface area contributed by atoms with Gasteiger partial charge < -0.3 is 15.4 Å². The average Bonchev–Trinajstić information content (AvgIpc) is 2.76. The summed E-state index contributed by atoms with van der Waals surface area (Å²) in [5.74, 6) is 4.83. The molecule has 4 aliphatic rings. The fourth-order valence-corrected chi connectivity index (χ4v) is 6.69. The van der Waals surface area contributed by atoms with Crippen LogP contribution < -0.4 is 15.4 Å². The highest BCUT2D eigenvalue weighted by atomic mass is 35.5. The van der Waals surface area contributed by atoms with Crippen LogP contribution in [0.1, 0.15) is 56.2 Å². The molecular formula is C27H38Cl2N2O. The Morgan fingerprint density at radius 3 is 2.12 bits per heavy atom. The summed E-state index contributed by atoms with van der Waals surface area (Å²) in [7, 11) is 0. The van der Waals surface area contributed by atoms with E-state index in [4.69, 9.17) is 4.74 Å². The molecule has 2 aromatic rings. The number of halogens is 2. The maximum Gasteiger partial charge on any atom is 0.123 e. The highest BCUT2D eigenvalue weighted by Gasteiger charge is 2.48. The molecule has 1 atom stereocenters. The number of rotatable bonds is 9. The maximum atomic E-state index is 5.81. The molecule has 6 rings (SSSR count). The Morgan fingerprint density at radius 1 is 0.844 bits per heavy atom. The molecule has 0 amide bonds. The van der Waals surface area contributed by atoms with E-state index in [1.54, 1.807) is 0 Å². The third kappa shape index (κ3) is 5.62. The van der Waals surface area contributed by atoms with E-state index in [9.17, 15) is 0 Å². The topological polar surface area (TPSA) is 33.3 Å². The molecule has 5 heteroatoms. The van der Waals surface area contributed by atoms with Crippen LogP contribution in [0.25, 0.3) is 0 Å². The lowest BCUT2D eigenvalue weighted by atomic mass is 9.54. The summed E-state index contributed by atoms with van der Waals surface area (Å²) in [6.07, 6.45) is 7.36. The SMILES string of the molecule is CCOc1ccccc1CNCC(NC1C2CC3CC(C2)CC1C3)c1ccccc1.Cl.Cl. The second-order valence-corrected chi connectivity index (χ2v) is 9.76. The minimum atomic E-state index is 0. The maximum absolute atomic E-state index is 5.81. The largest absolute Gasteiger partial charge is 0.494 e. The van der Waals surface area contributed by atoms with Crippen LogP contribution >= 0.6 is 24.8 Å². The Balaban J connectivity index is 0.00000144. The van der Waals surface area contributed by atoms with Gasteiger partial charge in [0.1, 0.15) is 5.75 Å². The van der Waals surface area contributed by atoms with E-state index >= 15 is 0 Å². The number of benzene rings is 2. The van der Waals surface area contributed by atoms with Crippen LogP contribution in [0.3, 0.4) is 0 Å². The molecule has 176 valence electrons. The first-order valence-corrected chi connectivity index (χ1v) is 12.0. The van der Waals surface area contributed by atoms with Crippen LogP contribution in [0.5, 0.6) is 5.75 Å². The molecule has 1 unspecified atom stereocenters. The van der Waals surface area contributed by atoms with Crippen LogP contribution in [0, 0.1) is 23.7 Å². The van der Waals surface area contributed by atoms with Gasteiger partial charge in [-0.1, -0.05) is 48.5 Å².